The average Bonchev–Trinajstić information content (AvgIpc) is 3.54. The van der Waals surface area contributed by atoms with Crippen LogP contribution >= 0.6 is 22.7 Å². The summed E-state index contributed by atoms with van der Waals surface area (Å²) in [6.45, 7) is 3.69. The van der Waals surface area contributed by atoms with Crippen LogP contribution in [0.3, 0.4) is 0 Å². The summed E-state index contributed by atoms with van der Waals surface area (Å²) in [4.78, 5) is 29.3. The molecule has 1 aromatic carbocycles. The fraction of sp³-hybridized carbons (Fsp3) is 0.360. The van der Waals surface area contributed by atoms with Crippen LogP contribution in [0.5, 0.6) is 0 Å². The second-order valence-electron chi connectivity index (χ2n) is 7.74. The highest BCUT2D eigenvalue weighted by Gasteiger charge is 2.20. The van der Waals surface area contributed by atoms with Gasteiger partial charge >= 0.3 is 12.1 Å². The predicted molar refractivity (Wildman–Crippen MR) is 134 cm³/mol. The first-order chi connectivity index (χ1) is 16.1. The first-order valence-corrected chi connectivity index (χ1v) is 12.9. The van der Waals surface area contributed by atoms with E-state index in [0.717, 1.165) is 34.6 Å². The Bertz CT molecular complexity index is 910. The summed E-state index contributed by atoms with van der Waals surface area (Å²) in [6.07, 6.45) is 2.32. The van der Waals surface area contributed by atoms with E-state index in [-0.39, 0.29) is 24.8 Å². The number of urea groups is 1. The predicted octanol–water partition coefficient (Wildman–Crippen LogP) is 6.01. The maximum absolute atomic E-state index is 13.0. The lowest BCUT2D eigenvalue weighted by atomic mass is 10.1. The van der Waals surface area contributed by atoms with Crippen LogP contribution in [0.2, 0.25) is 0 Å². The van der Waals surface area contributed by atoms with E-state index in [1.54, 1.807) is 27.6 Å². The van der Waals surface area contributed by atoms with Crippen LogP contribution in [0.15, 0.2) is 65.4 Å². The number of nitrogens with one attached hydrogen (secondary N) is 2. The van der Waals surface area contributed by atoms with E-state index in [2.05, 4.69) is 17.6 Å². The highest BCUT2D eigenvalue weighted by Crippen LogP contribution is 2.18. The zero-order valence-electron chi connectivity index (χ0n) is 18.9. The van der Waals surface area contributed by atoms with E-state index in [9.17, 15) is 9.59 Å². The second kappa shape index (κ2) is 13.6. The van der Waals surface area contributed by atoms with Gasteiger partial charge in [0.15, 0.2) is 0 Å². The van der Waals surface area contributed by atoms with Crippen molar-refractivity contribution >= 4 is 34.8 Å². The molecular weight excluding hydrogens is 454 g/mol. The van der Waals surface area contributed by atoms with Gasteiger partial charge < -0.3 is 15.4 Å². The van der Waals surface area contributed by atoms with Crippen molar-refractivity contribution in [3.05, 3.63) is 80.7 Å². The molecule has 3 rings (SSSR count). The zero-order chi connectivity index (χ0) is 23.3. The zero-order valence-corrected chi connectivity index (χ0v) is 20.5. The number of amides is 3. The van der Waals surface area contributed by atoms with Crippen molar-refractivity contribution in [1.82, 2.24) is 15.5 Å². The molecular formula is C25H31N3O3S2. The minimum absolute atomic E-state index is 0.142. The number of ether oxygens (including phenoxy) is 1. The van der Waals surface area contributed by atoms with Crippen molar-refractivity contribution in [3.63, 3.8) is 0 Å². The molecule has 8 heteroatoms. The van der Waals surface area contributed by atoms with Gasteiger partial charge in [0.05, 0.1) is 19.1 Å². The molecule has 33 heavy (non-hydrogen) atoms. The molecule has 2 N–H and O–H groups in total. The molecule has 6 nitrogen and oxygen atoms in total. The monoisotopic (exact) mass is 485 g/mol. The fourth-order valence-corrected chi connectivity index (χ4v) is 4.73. The molecule has 0 unspecified atom stereocenters. The van der Waals surface area contributed by atoms with Gasteiger partial charge in [0.2, 0.25) is 0 Å². The summed E-state index contributed by atoms with van der Waals surface area (Å²) < 4.78 is 5.68. The lowest BCUT2D eigenvalue weighted by Gasteiger charge is -2.24. The number of unbranched alkanes of at least 4 members (excludes halogenated alkanes) is 1. The van der Waals surface area contributed by atoms with Gasteiger partial charge in [0.25, 0.3) is 0 Å². The molecule has 0 aliphatic heterocycles. The van der Waals surface area contributed by atoms with Crippen LogP contribution in [-0.2, 0) is 24.4 Å². The molecule has 3 aromatic rings. The maximum Gasteiger partial charge on any atom is 0.410 e. The van der Waals surface area contributed by atoms with E-state index in [1.807, 2.05) is 65.4 Å². The quantitative estimate of drug-likeness (QED) is 0.330. The van der Waals surface area contributed by atoms with Gasteiger partial charge in [-0.15, -0.1) is 22.7 Å². The molecule has 0 aliphatic rings. The minimum atomic E-state index is -0.371. The molecule has 2 aromatic heterocycles. The summed E-state index contributed by atoms with van der Waals surface area (Å²) >= 11 is 3.23. The molecule has 0 bridgehead atoms. The molecule has 176 valence electrons. The van der Waals surface area contributed by atoms with Gasteiger partial charge in [-0.1, -0.05) is 62.2 Å². The van der Waals surface area contributed by atoms with Gasteiger partial charge in [0, 0.05) is 16.3 Å². The van der Waals surface area contributed by atoms with Crippen molar-refractivity contribution in [3.8, 4) is 0 Å². The third-order valence-electron chi connectivity index (χ3n) is 5.06. The topological polar surface area (TPSA) is 70.7 Å². The summed E-state index contributed by atoms with van der Waals surface area (Å²) in [6, 6.07) is 17.2. The van der Waals surface area contributed by atoms with E-state index < -0.39 is 0 Å². The Kier molecular flexibility index (Phi) is 10.3. The lowest BCUT2D eigenvalue weighted by Crippen LogP contribution is -2.45. The molecule has 0 radical (unpaired) electrons. The molecule has 0 saturated heterocycles. The first-order valence-electron chi connectivity index (χ1n) is 11.2. The fourth-order valence-electron chi connectivity index (χ4n) is 3.29. The Morgan fingerprint density at radius 2 is 1.64 bits per heavy atom. The normalized spacial score (nSPS) is 11.5. The highest BCUT2D eigenvalue weighted by molar-refractivity contribution is 7.10. The number of hydrogen-bond acceptors (Lipinski definition) is 5. The number of hydrogen-bond donors (Lipinski definition) is 2. The summed E-state index contributed by atoms with van der Waals surface area (Å²) in [5, 5.41) is 9.85. The van der Waals surface area contributed by atoms with E-state index in [0.29, 0.717) is 19.6 Å². The third-order valence-corrected chi connectivity index (χ3v) is 6.78. The SMILES string of the molecule is CCCC[C@@H](COC(=O)N(Cc1cccs1)Cc1cccs1)NC(=O)NCc1ccccc1. The van der Waals surface area contributed by atoms with Gasteiger partial charge in [-0.2, -0.15) is 0 Å². The summed E-state index contributed by atoms with van der Waals surface area (Å²) in [5.74, 6) is 0. The van der Waals surface area contributed by atoms with Crippen LogP contribution in [0.4, 0.5) is 9.59 Å². The van der Waals surface area contributed by atoms with Crippen LogP contribution in [0.1, 0.15) is 41.5 Å². The summed E-state index contributed by atoms with van der Waals surface area (Å²) in [7, 11) is 0. The Morgan fingerprint density at radius 1 is 0.970 bits per heavy atom. The number of thiophene rings is 2. The maximum atomic E-state index is 13.0. The minimum Gasteiger partial charge on any atom is -0.447 e. The number of carbonyl (C=O) groups is 2. The first kappa shape index (κ1) is 24.8. The Labute approximate surface area is 203 Å². The smallest absolute Gasteiger partial charge is 0.410 e. The van der Waals surface area contributed by atoms with Crippen molar-refractivity contribution < 1.29 is 14.3 Å². The van der Waals surface area contributed by atoms with Gasteiger partial charge in [-0.25, -0.2) is 9.59 Å². The van der Waals surface area contributed by atoms with Crippen molar-refractivity contribution in [1.29, 1.82) is 0 Å². The molecule has 1 atom stereocenters. The third kappa shape index (κ3) is 8.90. The summed E-state index contributed by atoms with van der Waals surface area (Å²) in [5.41, 5.74) is 1.03. The standard InChI is InChI=1S/C25H31N3O3S2/c1-2-3-11-21(27-24(29)26-16-20-9-5-4-6-10-20)19-31-25(30)28(17-22-12-7-14-32-22)18-23-13-8-15-33-23/h4-10,12-15,21H,2-3,11,16-19H2,1H3,(H2,26,27,29)/t21-/m0/s1. The van der Waals surface area contributed by atoms with Gasteiger partial charge in [-0.05, 0) is 34.9 Å². The molecule has 0 saturated carbocycles. The number of nitrogens with zero attached hydrogens (tertiary/aromatic N) is 1. The van der Waals surface area contributed by atoms with Crippen molar-refractivity contribution in [2.24, 2.45) is 0 Å². The largest absolute Gasteiger partial charge is 0.447 e. The average molecular weight is 486 g/mol. The van der Waals surface area contributed by atoms with Crippen LogP contribution < -0.4 is 10.6 Å². The van der Waals surface area contributed by atoms with Crippen LogP contribution in [-0.4, -0.2) is 29.7 Å². The molecule has 2 heterocycles. The Morgan fingerprint density at radius 3 is 2.21 bits per heavy atom. The molecule has 3 amide bonds. The second-order valence-corrected chi connectivity index (χ2v) is 9.81. The van der Waals surface area contributed by atoms with E-state index in [1.165, 1.54) is 0 Å². The Balaban J connectivity index is 1.54. The number of rotatable bonds is 12. The van der Waals surface area contributed by atoms with Crippen molar-refractivity contribution in [2.75, 3.05) is 6.61 Å². The molecule has 0 spiro atoms. The Hall–Kier alpha value is -2.84. The van der Waals surface area contributed by atoms with E-state index >= 15 is 0 Å². The van der Waals surface area contributed by atoms with Crippen LogP contribution in [0, 0.1) is 0 Å². The van der Waals surface area contributed by atoms with E-state index in [4.69, 9.17) is 4.74 Å². The van der Waals surface area contributed by atoms with Gasteiger partial charge in [-0.3, -0.25) is 4.90 Å². The number of carbonyl (C=O) groups excluding carboxylic acids is 2. The molecule has 0 fully saturated rings. The number of benzene rings is 1. The highest BCUT2D eigenvalue weighted by atomic mass is 32.1. The molecule has 0 aliphatic carbocycles. The van der Waals surface area contributed by atoms with Gasteiger partial charge in [0.1, 0.15) is 6.61 Å². The van der Waals surface area contributed by atoms with Crippen molar-refractivity contribution in [2.45, 2.75) is 51.9 Å². The van der Waals surface area contributed by atoms with Crippen LogP contribution in [0.25, 0.3) is 0 Å². The lowest BCUT2D eigenvalue weighted by molar-refractivity contribution is 0.0880.